The normalized spacial score (nSPS) is 26.3. The minimum Gasteiger partial charge on any atom is -0.424 e. The summed E-state index contributed by atoms with van der Waals surface area (Å²) < 4.78 is 5.79. The zero-order valence-corrected chi connectivity index (χ0v) is 16.9. The van der Waals surface area contributed by atoms with Gasteiger partial charge in [0.05, 0.1) is 5.60 Å². The van der Waals surface area contributed by atoms with Gasteiger partial charge in [-0.05, 0) is 42.7 Å². The van der Waals surface area contributed by atoms with Crippen molar-refractivity contribution in [2.45, 2.75) is 31.4 Å². The Morgan fingerprint density at radius 1 is 1.00 bits per heavy atom. The third kappa shape index (κ3) is 3.68. The van der Waals surface area contributed by atoms with E-state index in [1.807, 2.05) is 36.5 Å². The van der Waals surface area contributed by atoms with E-state index >= 15 is 0 Å². The van der Waals surface area contributed by atoms with Gasteiger partial charge in [-0.25, -0.2) is 9.97 Å². The van der Waals surface area contributed by atoms with E-state index in [4.69, 9.17) is 4.74 Å². The molecule has 2 atom stereocenters. The molecule has 2 aliphatic rings. The van der Waals surface area contributed by atoms with E-state index in [9.17, 15) is 5.11 Å². The highest BCUT2D eigenvalue weighted by molar-refractivity contribution is 5.31. The zero-order valence-electron chi connectivity index (χ0n) is 16.9. The number of likely N-dealkylation sites (tertiary alicyclic amines) is 1. The Balaban J connectivity index is 1.31. The van der Waals surface area contributed by atoms with Crippen molar-refractivity contribution in [1.29, 1.82) is 0 Å². The Morgan fingerprint density at radius 3 is 2.53 bits per heavy atom. The van der Waals surface area contributed by atoms with Gasteiger partial charge in [0.1, 0.15) is 5.75 Å². The zero-order chi connectivity index (χ0) is 20.4. The van der Waals surface area contributed by atoms with E-state index in [-0.39, 0.29) is 11.8 Å². The molecule has 3 heterocycles. The Kier molecular flexibility index (Phi) is 5.19. The van der Waals surface area contributed by atoms with Gasteiger partial charge in [-0.15, -0.1) is 0 Å². The van der Waals surface area contributed by atoms with Crippen LogP contribution in [0.2, 0.25) is 0 Å². The SMILES string of the molecule is OC1(c2cccnc2)C2CCCC1CN(Cc1cccc(Oc3ncccn3)c1)C2. The predicted octanol–water partition coefficient (Wildman–Crippen LogP) is 3.78. The summed E-state index contributed by atoms with van der Waals surface area (Å²) in [6, 6.07) is 14.2. The molecule has 1 saturated carbocycles. The Bertz CT molecular complexity index is 969. The largest absolute Gasteiger partial charge is 0.424 e. The van der Waals surface area contributed by atoms with Crippen molar-refractivity contribution in [3.63, 3.8) is 0 Å². The van der Waals surface area contributed by atoms with Gasteiger partial charge in [0, 0.05) is 61.8 Å². The van der Waals surface area contributed by atoms with E-state index in [0.29, 0.717) is 6.01 Å². The highest BCUT2D eigenvalue weighted by Gasteiger charge is 2.51. The molecular weight excluding hydrogens is 376 g/mol. The summed E-state index contributed by atoms with van der Waals surface area (Å²) in [5.41, 5.74) is 1.39. The summed E-state index contributed by atoms with van der Waals surface area (Å²) in [6.07, 6.45) is 10.2. The quantitative estimate of drug-likeness (QED) is 0.700. The van der Waals surface area contributed by atoms with E-state index in [0.717, 1.165) is 43.8 Å². The number of aliphatic hydroxyl groups is 1. The Morgan fingerprint density at radius 2 is 1.80 bits per heavy atom. The molecule has 154 valence electrons. The lowest BCUT2D eigenvalue weighted by atomic mass is 9.63. The number of benzene rings is 1. The van der Waals surface area contributed by atoms with Crippen LogP contribution in [0.1, 0.15) is 30.4 Å². The van der Waals surface area contributed by atoms with E-state index in [2.05, 4.69) is 25.9 Å². The summed E-state index contributed by atoms with van der Waals surface area (Å²) in [6.45, 7) is 2.60. The molecule has 1 aromatic carbocycles. The maximum Gasteiger partial charge on any atom is 0.321 e. The molecule has 30 heavy (non-hydrogen) atoms. The first kappa shape index (κ1) is 19.2. The Labute approximate surface area is 176 Å². The average molecular weight is 402 g/mol. The lowest BCUT2D eigenvalue weighted by molar-refractivity contribution is -0.148. The molecule has 2 unspecified atom stereocenters. The molecule has 6 nitrogen and oxygen atoms in total. The molecule has 1 aliphatic heterocycles. The molecule has 0 amide bonds. The maximum absolute atomic E-state index is 11.7. The molecule has 2 bridgehead atoms. The molecule has 0 radical (unpaired) electrons. The minimum absolute atomic E-state index is 0.228. The summed E-state index contributed by atoms with van der Waals surface area (Å²) in [5.74, 6) is 1.19. The number of rotatable bonds is 5. The van der Waals surface area contributed by atoms with Crippen LogP contribution >= 0.6 is 0 Å². The summed E-state index contributed by atoms with van der Waals surface area (Å²) in [4.78, 5) is 15.0. The number of piperidine rings is 1. The molecule has 1 N–H and O–H groups in total. The second-order valence-corrected chi connectivity index (χ2v) is 8.37. The van der Waals surface area contributed by atoms with Crippen LogP contribution in [0, 0.1) is 11.8 Å². The van der Waals surface area contributed by atoms with E-state index < -0.39 is 5.60 Å². The highest BCUT2D eigenvalue weighted by Crippen LogP contribution is 2.49. The van der Waals surface area contributed by atoms with Crippen molar-refractivity contribution in [2.75, 3.05) is 13.1 Å². The van der Waals surface area contributed by atoms with Crippen LogP contribution < -0.4 is 4.74 Å². The fourth-order valence-electron chi connectivity index (χ4n) is 5.15. The lowest BCUT2D eigenvalue weighted by Gasteiger charge is -2.53. The van der Waals surface area contributed by atoms with Gasteiger partial charge >= 0.3 is 6.01 Å². The first-order valence-corrected chi connectivity index (χ1v) is 10.6. The number of pyridine rings is 1. The third-order valence-electron chi connectivity index (χ3n) is 6.49. The minimum atomic E-state index is -0.765. The van der Waals surface area contributed by atoms with Gasteiger partial charge in [0.25, 0.3) is 0 Å². The topological polar surface area (TPSA) is 71.4 Å². The number of fused-ring (bicyclic) bond motifs is 2. The van der Waals surface area contributed by atoms with Crippen molar-refractivity contribution in [2.24, 2.45) is 11.8 Å². The predicted molar refractivity (Wildman–Crippen MR) is 113 cm³/mol. The molecule has 1 saturated heterocycles. The number of hydrogen-bond donors (Lipinski definition) is 1. The van der Waals surface area contributed by atoms with Crippen LogP contribution in [-0.2, 0) is 12.1 Å². The lowest BCUT2D eigenvalue weighted by Crippen LogP contribution is -2.57. The van der Waals surface area contributed by atoms with Crippen molar-refractivity contribution < 1.29 is 9.84 Å². The Hall–Kier alpha value is -2.83. The highest BCUT2D eigenvalue weighted by atomic mass is 16.5. The van der Waals surface area contributed by atoms with Gasteiger partial charge < -0.3 is 9.84 Å². The van der Waals surface area contributed by atoms with Crippen LogP contribution in [0.3, 0.4) is 0 Å². The third-order valence-corrected chi connectivity index (χ3v) is 6.49. The van der Waals surface area contributed by atoms with Crippen LogP contribution in [-0.4, -0.2) is 38.0 Å². The molecule has 1 aliphatic carbocycles. The average Bonchev–Trinajstić information content (AvgIpc) is 2.76. The van der Waals surface area contributed by atoms with Crippen LogP contribution in [0.25, 0.3) is 0 Å². The van der Waals surface area contributed by atoms with Gasteiger partial charge in [0.2, 0.25) is 0 Å². The smallest absolute Gasteiger partial charge is 0.321 e. The van der Waals surface area contributed by atoms with Crippen LogP contribution in [0.5, 0.6) is 11.8 Å². The molecule has 5 rings (SSSR count). The van der Waals surface area contributed by atoms with Crippen molar-refractivity contribution in [3.8, 4) is 11.8 Å². The van der Waals surface area contributed by atoms with Crippen molar-refractivity contribution in [3.05, 3.63) is 78.4 Å². The van der Waals surface area contributed by atoms with Crippen LogP contribution in [0.4, 0.5) is 0 Å². The van der Waals surface area contributed by atoms with Gasteiger partial charge in [-0.1, -0.05) is 24.6 Å². The van der Waals surface area contributed by atoms with Gasteiger partial charge in [-0.3, -0.25) is 9.88 Å². The van der Waals surface area contributed by atoms with Gasteiger partial charge in [-0.2, -0.15) is 0 Å². The van der Waals surface area contributed by atoms with Crippen LogP contribution in [0.15, 0.2) is 67.3 Å². The molecule has 2 aromatic heterocycles. The molecule has 3 aromatic rings. The standard InChI is InChI=1S/C24H26N4O2/c29-24(19-8-3-10-25-14-19)20-6-2-7-21(24)17-28(16-20)15-18-5-1-9-22(13-18)30-23-26-11-4-12-27-23/h1,3-5,8-14,20-21,29H,2,6-7,15-17H2. The second-order valence-electron chi connectivity index (χ2n) is 8.37. The number of hydrogen-bond acceptors (Lipinski definition) is 6. The van der Waals surface area contributed by atoms with E-state index in [1.165, 1.54) is 12.0 Å². The van der Waals surface area contributed by atoms with Crippen molar-refractivity contribution >= 4 is 0 Å². The number of aromatic nitrogens is 3. The summed E-state index contributed by atoms with van der Waals surface area (Å²) in [5, 5.41) is 11.7. The fourth-order valence-corrected chi connectivity index (χ4v) is 5.15. The maximum atomic E-state index is 11.7. The summed E-state index contributed by atoms with van der Waals surface area (Å²) in [7, 11) is 0. The monoisotopic (exact) mass is 402 g/mol. The molecule has 2 fully saturated rings. The molecular formula is C24H26N4O2. The summed E-state index contributed by atoms with van der Waals surface area (Å²) >= 11 is 0. The second kappa shape index (κ2) is 8.13. The first-order chi connectivity index (χ1) is 14.7. The number of ether oxygens (including phenoxy) is 1. The van der Waals surface area contributed by atoms with E-state index in [1.54, 1.807) is 24.7 Å². The molecule has 0 spiro atoms. The molecule has 6 heteroatoms. The van der Waals surface area contributed by atoms with Crippen molar-refractivity contribution in [1.82, 2.24) is 19.9 Å². The first-order valence-electron chi connectivity index (χ1n) is 10.6. The van der Waals surface area contributed by atoms with Gasteiger partial charge in [0.15, 0.2) is 0 Å². The number of nitrogens with zero attached hydrogens (tertiary/aromatic N) is 4. The fraction of sp³-hybridized carbons (Fsp3) is 0.375.